The average Bonchev–Trinajstić information content (AvgIpc) is 2.38. The molecule has 1 aromatic rings. The van der Waals surface area contributed by atoms with Crippen molar-refractivity contribution >= 4 is 11.7 Å². The lowest BCUT2D eigenvalue weighted by molar-refractivity contribution is 0.153. The summed E-state index contributed by atoms with van der Waals surface area (Å²) in [5.41, 5.74) is 9.25. The van der Waals surface area contributed by atoms with Gasteiger partial charge in [0.05, 0.1) is 6.04 Å². The average molecular weight is 245 g/mol. The molecule has 1 unspecified atom stereocenters. The summed E-state index contributed by atoms with van der Waals surface area (Å²) in [7, 11) is 0. The van der Waals surface area contributed by atoms with E-state index in [4.69, 9.17) is 5.73 Å². The van der Waals surface area contributed by atoms with Crippen LogP contribution in [0.25, 0.3) is 0 Å². The van der Waals surface area contributed by atoms with Crippen molar-refractivity contribution in [1.29, 1.82) is 0 Å². The van der Waals surface area contributed by atoms with E-state index in [1.165, 1.54) is 11.1 Å². The number of anilines is 1. The molecular weight excluding hydrogens is 226 g/mol. The second kappa shape index (κ2) is 4.52. The molecule has 0 spiro atoms. The molecule has 0 saturated carbocycles. The van der Waals surface area contributed by atoms with Crippen LogP contribution in [0, 0.1) is 0 Å². The maximum absolute atomic E-state index is 12.0. The highest BCUT2D eigenvalue weighted by atomic mass is 16.2. The normalized spacial score (nSPS) is 23.4. The van der Waals surface area contributed by atoms with Crippen molar-refractivity contribution in [3.63, 3.8) is 0 Å². The minimum absolute atomic E-state index is 0.0796. The van der Waals surface area contributed by atoms with Crippen LogP contribution in [-0.4, -0.2) is 24.0 Å². The summed E-state index contributed by atoms with van der Waals surface area (Å²) in [5.74, 6) is 0. The van der Waals surface area contributed by atoms with Gasteiger partial charge in [-0.05, 0) is 48.9 Å². The minimum atomic E-state index is 0.0796. The van der Waals surface area contributed by atoms with Crippen LogP contribution in [0.5, 0.6) is 0 Å². The zero-order valence-corrected chi connectivity index (χ0v) is 10.5. The highest BCUT2D eigenvalue weighted by Gasteiger charge is 2.30. The molecule has 96 valence electrons. The molecular formula is C14H19N3O. The van der Waals surface area contributed by atoms with Gasteiger partial charge in [-0.15, -0.1) is 0 Å². The third kappa shape index (κ3) is 1.92. The first kappa shape index (κ1) is 11.4. The molecule has 2 aliphatic rings. The molecule has 1 aliphatic carbocycles. The number of nitrogens with zero attached hydrogens (tertiary/aromatic N) is 1. The number of nitrogens with two attached hydrogens (primary N) is 1. The summed E-state index contributed by atoms with van der Waals surface area (Å²) in [4.78, 5) is 13.9. The van der Waals surface area contributed by atoms with Gasteiger partial charge in [-0.3, -0.25) is 0 Å². The molecule has 1 fully saturated rings. The quantitative estimate of drug-likeness (QED) is 0.744. The van der Waals surface area contributed by atoms with Crippen molar-refractivity contribution in [1.82, 2.24) is 10.2 Å². The van der Waals surface area contributed by atoms with E-state index >= 15 is 0 Å². The zero-order chi connectivity index (χ0) is 12.5. The molecule has 1 heterocycles. The van der Waals surface area contributed by atoms with E-state index in [2.05, 4.69) is 17.4 Å². The van der Waals surface area contributed by atoms with Crippen LogP contribution in [0.15, 0.2) is 18.2 Å². The Morgan fingerprint density at radius 2 is 2.22 bits per heavy atom. The number of rotatable bonds is 1. The molecule has 2 amide bonds. The molecule has 3 rings (SSSR count). The summed E-state index contributed by atoms with van der Waals surface area (Å²) < 4.78 is 0. The van der Waals surface area contributed by atoms with Gasteiger partial charge < -0.3 is 16.0 Å². The van der Waals surface area contributed by atoms with Crippen LogP contribution in [0.1, 0.15) is 36.4 Å². The number of benzene rings is 1. The smallest absolute Gasteiger partial charge is 0.317 e. The number of carbonyl (C=O) groups excluding carboxylic acids is 1. The fourth-order valence-electron chi connectivity index (χ4n) is 3.08. The SMILES string of the molecule is Nc1ccc2c(c1)CCCC2N1CCCNC1=O. The Morgan fingerprint density at radius 1 is 1.33 bits per heavy atom. The van der Waals surface area contributed by atoms with E-state index in [0.717, 1.165) is 44.5 Å². The largest absolute Gasteiger partial charge is 0.399 e. The van der Waals surface area contributed by atoms with Crippen molar-refractivity contribution in [2.45, 2.75) is 31.7 Å². The van der Waals surface area contributed by atoms with Gasteiger partial charge in [0.25, 0.3) is 0 Å². The Bertz CT molecular complexity index is 472. The molecule has 4 heteroatoms. The Labute approximate surface area is 107 Å². The third-order valence-electron chi connectivity index (χ3n) is 3.94. The van der Waals surface area contributed by atoms with Crippen molar-refractivity contribution in [2.24, 2.45) is 0 Å². The number of urea groups is 1. The highest BCUT2D eigenvalue weighted by Crippen LogP contribution is 2.35. The van der Waals surface area contributed by atoms with E-state index in [-0.39, 0.29) is 12.1 Å². The Kier molecular flexibility index (Phi) is 2.86. The maximum Gasteiger partial charge on any atom is 0.317 e. The van der Waals surface area contributed by atoms with Crippen LogP contribution in [-0.2, 0) is 6.42 Å². The van der Waals surface area contributed by atoms with Gasteiger partial charge in [0, 0.05) is 18.8 Å². The molecule has 0 radical (unpaired) electrons. The van der Waals surface area contributed by atoms with Crippen molar-refractivity contribution in [3.8, 4) is 0 Å². The van der Waals surface area contributed by atoms with Crippen molar-refractivity contribution in [2.75, 3.05) is 18.8 Å². The van der Waals surface area contributed by atoms with Crippen molar-refractivity contribution < 1.29 is 4.79 Å². The van der Waals surface area contributed by atoms with Crippen LogP contribution in [0.4, 0.5) is 10.5 Å². The Balaban J connectivity index is 1.93. The molecule has 0 aromatic heterocycles. The van der Waals surface area contributed by atoms with Crippen LogP contribution < -0.4 is 11.1 Å². The highest BCUT2D eigenvalue weighted by molar-refractivity contribution is 5.75. The number of nitrogens with one attached hydrogen (secondary N) is 1. The summed E-state index contributed by atoms with van der Waals surface area (Å²) in [6, 6.07) is 6.41. The molecule has 18 heavy (non-hydrogen) atoms. The van der Waals surface area contributed by atoms with Gasteiger partial charge >= 0.3 is 6.03 Å². The molecule has 1 atom stereocenters. The minimum Gasteiger partial charge on any atom is -0.399 e. The van der Waals surface area contributed by atoms with E-state index in [1.807, 2.05) is 11.0 Å². The topological polar surface area (TPSA) is 58.4 Å². The molecule has 4 nitrogen and oxygen atoms in total. The lowest BCUT2D eigenvalue weighted by atomic mass is 9.86. The van der Waals surface area contributed by atoms with Gasteiger partial charge in [-0.25, -0.2) is 4.79 Å². The number of fused-ring (bicyclic) bond motifs is 1. The van der Waals surface area contributed by atoms with Gasteiger partial charge in [-0.1, -0.05) is 6.07 Å². The first-order valence-corrected chi connectivity index (χ1v) is 6.68. The summed E-state index contributed by atoms with van der Waals surface area (Å²) in [5, 5.41) is 2.93. The molecule has 1 aliphatic heterocycles. The number of hydrogen-bond donors (Lipinski definition) is 2. The standard InChI is InChI=1S/C14H19N3O/c15-11-5-6-12-10(9-11)3-1-4-13(12)17-8-2-7-16-14(17)18/h5-6,9,13H,1-4,7-8,15H2,(H,16,18). The van der Waals surface area contributed by atoms with E-state index < -0.39 is 0 Å². The Hall–Kier alpha value is -1.71. The number of amides is 2. The maximum atomic E-state index is 12.0. The summed E-state index contributed by atoms with van der Waals surface area (Å²) in [6.07, 6.45) is 4.30. The zero-order valence-electron chi connectivity index (χ0n) is 10.5. The first-order valence-electron chi connectivity index (χ1n) is 6.68. The molecule has 1 saturated heterocycles. The number of aryl methyl sites for hydroxylation is 1. The van der Waals surface area contributed by atoms with E-state index in [1.54, 1.807) is 0 Å². The van der Waals surface area contributed by atoms with Gasteiger partial charge in [0.2, 0.25) is 0 Å². The number of hydrogen-bond acceptors (Lipinski definition) is 2. The van der Waals surface area contributed by atoms with Gasteiger partial charge in [-0.2, -0.15) is 0 Å². The second-order valence-electron chi connectivity index (χ2n) is 5.15. The summed E-state index contributed by atoms with van der Waals surface area (Å²) >= 11 is 0. The van der Waals surface area contributed by atoms with E-state index in [0.29, 0.717) is 0 Å². The lowest BCUT2D eigenvalue weighted by Crippen LogP contribution is -2.48. The number of carbonyl (C=O) groups is 1. The molecule has 3 N–H and O–H groups in total. The predicted octanol–water partition coefficient (Wildman–Crippen LogP) is 2.06. The second-order valence-corrected chi connectivity index (χ2v) is 5.15. The molecule has 0 bridgehead atoms. The Morgan fingerprint density at radius 3 is 3.06 bits per heavy atom. The van der Waals surface area contributed by atoms with Gasteiger partial charge in [0.15, 0.2) is 0 Å². The first-order chi connectivity index (χ1) is 8.75. The van der Waals surface area contributed by atoms with Crippen LogP contribution >= 0.6 is 0 Å². The summed E-state index contributed by atoms with van der Waals surface area (Å²) in [6.45, 7) is 1.66. The van der Waals surface area contributed by atoms with Crippen LogP contribution in [0.3, 0.4) is 0 Å². The monoisotopic (exact) mass is 245 g/mol. The van der Waals surface area contributed by atoms with E-state index in [9.17, 15) is 4.79 Å². The molecule has 1 aromatic carbocycles. The third-order valence-corrected chi connectivity index (χ3v) is 3.94. The lowest BCUT2D eigenvalue weighted by Gasteiger charge is -2.38. The number of nitrogen functional groups attached to an aromatic ring is 1. The fraction of sp³-hybridized carbons (Fsp3) is 0.500. The van der Waals surface area contributed by atoms with Crippen molar-refractivity contribution in [3.05, 3.63) is 29.3 Å². The fourth-order valence-corrected chi connectivity index (χ4v) is 3.08. The predicted molar refractivity (Wildman–Crippen MR) is 71.3 cm³/mol. The van der Waals surface area contributed by atoms with Crippen LogP contribution in [0.2, 0.25) is 0 Å². The van der Waals surface area contributed by atoms with Gasteiger partial charge in [0.1, 0.15) is 0 Å².